The van der Waals surface area contributed by atoms with Crippen LogP contribution in [0, 0.1) is 13.8 Å². The predicted molar refractivity (Wildman–Crippen MR) is 102 cm³/mol. The van der Waals surface area contributed by atoms with E-state index in [2.05, 4.69) is 33.0 Å². The molecule has 0 bridgehead atoms. The number of nitrogens with zero attached hydrogens (tertiary/aromatic N) is 3. The number of hydrogen-bond acceptors (Lipinski definition) is 3. The lowest BCUT2D eigenvalue weighted by atomic mass is 10.1. The van der Waals surface area contributed by atoms with Crippen LogP contribution < -0.4 is 16.0 Å². The van der Waals surface area contributed by atoms with E-state index in [0.717, 1.165) is 35.9 Å². The smallest absolute Gasteiger partial charge is 0.220 e. The highest BCUT2D eigenvalue weighted by atomic mass is 127. The molecule has 0 saturated carbocycles. The first-order chi connectivity index (χ1) is 10.5. The fourth-order valence-corrected chi connectivity index (χ4v) is 2.57. The molecule has 0 aliphatic carbocycles. The highest BCUT2D eigenvalue weighted by Gasteiger charge is 2.18. The first-order valence-electron chi connectivity index (χ1n) is 7.81. The summed E-state index contributed by atoms with van der Waals surface area (Å²) in [5.74, 6) is 0.910. The number of amides is 1. The van der Waals surface area contributed by atoms with Crippen LogP contribution in [0.2, 0.25) is 0 Å². The number of guanidine groups is 1. The summed E-state index contributed by atoms with van der Waals surface area (Å²) in [6.45, 7) is 8.15. The lowest BCUT2D eigenvalue weighted by Gasteiger charge is -2.25. The van der Waals surface area contributed by atoms with E-state index in [9.17, 15) is 4.79 Å². The van der Waals surface area contributed by atoms with Gasteiger partial charge in [-0.15, -0.1) is 24.0 Å². The number of nitrogens with one attached hydrogen (secondary N) is 3. The summed E-state index contributed by atoms with van der Waals surface area (Å²) in [7, 11) is 1.95. The summed E-state index contributed by atoms with van der Waals surface area (Å²) in [4.78, 5) is 15.9. The molecule has 0 aromatic carbocycles. The summed E-state index contributed by atoms with van der Waals surface area (Å²) < 4.78 is 1.89. The van der Waals surface area contributed by atoms with Crippen molar-refractivity contribution in [2.75, 3.05) is 13.1 Å². The van der Waals surface area contributed by atoms with Gasteiger partial charge in [0.1, 0.15) is 0 Å². The topological polar surface area (TPSA) is 83.3 Å². The molecule has 23 heavy (non-hydrogen) atoms. The number of carbonyl (C=O) groups is 1. The van der Waals surface area contributed by atoms with Gasteiger partial charge in [-0.2, -0.15) is 5.10 Å². The van der Waals surface area contributed by atoms with Gasteiger partial charge >= 0.3 is 0 Å². The van der Waals surface area contributed by atoms with E-state index < -0.39 is 0 Å². The Morgan fingerprint density at radius 2 is 2.22 bits per heavy atom. The molecule has 1 aromatic rings. The molecule has 130 valence electrons. The van der Waals surface area contributed by atoms with Gasteiger partial charge in [0.25, 0.3) is 0 Å². The molecule has 0 radical (unpaired) electrons. The van der Waals surface area contributed by atoms with E-state index in [4.69, 9.17) is 0 Å². The van der Waals surface area contributed by atoms with Crippen LogP contribution in [0.4, 0.5) is 0 Å². The first-order valence-corrected chi connectivity index (χ1v) is 7.81. The molecule has 1 aromatic heterocycles. The summed E-state index contributed by atoms with van der Waals surface area (Å²) in [6.07, 6.45) is 1.40. The van der Waals surface area contributed by atoms with Gasteiger partial charge in [-0.3, -0.25) is 9.48 Å². The van der Waals surface area contributed by atoms with Crippen LogP contribution in [-0.2, 0) is 18.4 Å². The Morgan fingerprint density at radius 1 is 1.48 bits per heavy atom. The van der Waals surface area contributed by atoms with Crippen molar-refractivity contribution in [1.29, 1.82) is 0 Å². The quantitative estimate of drug-likeness (QED) is 0.375. The maximum absolute atomic E-state index is 11.2. The number of aliphatic imine (C=N–C) groups is 1. The van der Waals surface area contributed by atoms with Gasteiger partial charge in [-0.05, 0) is 27.2 Å². The largest absolute Gasteiger partial charge is 0.357 e. The van der Waals surface area contributed by atoms with Crippen LogP contribution in [0.15, 0.2) is 4.99 Å². The van der Waals surface area contributed by atoms with Crippen molar-refractivity contribution < 1.29 is 4.79 Å². The normalized spacial score (nSPS) is 18.2. The van der Waals surface area contributed by atoms with Gasteiger partial charge in [-0.1, -0.05) is 0 Å². The fraction of sp³-hybridized carbons (Fsp3) is 0.667. The van der Waals surface area contributed by atoms with E-state index >= 15 is 0 Å². The zero-order valence-corrected chi connectivity index (χ0v) is 16.6. The number of piperidine rings is 1. The molecule has 1 fully saturated rings. The lowest BCUT2D eigenvalue weighted by molar-refractivity contribution is -0.122. The zero-order valence-electron chi connectivity index (χ0n) is 14.3. The minimum absolute atomic E-state index is 0. The van der Waals surface area contributed by atoms with Crippen molar-refractivity contribution in [3.05, 3.63) is 17.0 Å². The lowest BCUT2D eigenvalue weighted by Crippen LogP contribution is -2.51. The molecule has 1 atom stereocenters. The molecular weight excluding hydrogens is 407 g/mol. The fourth-order valence-electron chi connectivity index (χ4n) is 2.57. The Morgan fingerprint density at radius 3 is 2.74 bits per heavy atom. The van der Waals surface area contributed by atoms with Gasteiger partial charge < -0.3 is 16.0 Å². The predicted octanol–water partition coefficient (Wildman–Crippen LogP) is 0.989. The van der Waals surface area contributed by atoms with Crippen molar-refractivity contribution in [2.24, 2.45) is 12.0 Å². The second-order valence-electron chi connectivity index (χ2n) is 5.65. The average molecular weight is 434 g/mol. The SMILES string of the molecule is CCNC(=NCc1c(C)nn(C)c1C)NC1CCC(=O)NC1.I. The van der Waals surface area contributed by atoms with Crippen LogP contribution in [0.3, 0.4) is 0 Å². The molecule has 2 heterocycles. The highest BCUT2D eigenvalue weighted by Crippen LogP contribution is 2.13. The minimum atomic E-state index is 0. The van der Waals surface area contributed by atoms with Crippen LogP contribution in [-0.4, -0.2) is 40.8 Å². The third kappa shape index (κ3) is 5.36. The molecule has 3 N–H and O–H groups in total. The second-order valence-corrected chi connectivity index (χ2v) is 5.65. The molecular formula is C15H27IN6O. The number of rotatable bonds is 4. The monoisotopic (exact) mass is 434 g/mol. The molecule has 8 heteroatoms. The van der Waals surface area contributed by atoms with Crippen LogP contribution in [0.5, 0.6) is 0 Å². The number of carbonyl (C=O) groups excluding carboxylic acids is 1. The molecule has 2 rings (SSSR count). The molecule has 1 saturated heterocycles. The van der Waals surface area contributed by atoms with E-state index in [0.29, 0.717) is 19.5 Å². The van der Waals surface area contributed by atoms with E-state index in [1.165, 1.54) is 0 Å². The van der Waals surface area contributed by atoms with Gasteiger partial charge in [-0.25, -0.2) is 4.99 Å². The van der Waals surface area contributed by atoms with Crippen LogP contribution in [0.25, 0.3) is 0 Å². The number of halogens is 1. The van der Waals surface area contributed by atoms with Crippen molar-refractivity contribution in [3.8, 4) is 0 Å². The summed E-state index contributed by atoms with van der Waals surface area (Å²) in [5.41, 5.74) is 3.32. The summed E-state index contributed by atoms with van der Waals surface area (Å²) in [6, 6.07) is 0.228. The first kappa shape index (κ1) is 19.7. The summed E-state index contributed by atoms with van der Waals surface area (Å²) in [5, 5.41) is 13.9. The molecule has 1 amide bonds. The Bertz CT molecular complexity index is 559. The maximum Gasteiger partial charge on any atom is 0.220 e. The van der Waals surface area contributed by atoms with Gasteiger partial charge in [0.2, 0.25) is 5.91 Å². The van der Waals surface area contributed by atoms with Crippen molar-refractivity contribution in [2.45, 2.75) is 46.2 Å². The molecule has 1 aliphatic heterocycles. The number of aromatic nitrogens is 2. The number of hydrogen-bond donors (Lipinski definition) is 3. The third-order valence-corrected chi connectivity index (χ3v) is 4.00. The standard InChI is InChI=1S/C15H26N6O.HI/c1-5-16-15(19-12-6-7-14(22)17-8-12)18-9-13-10(2)20-21(4)11(13)3;/h12H,5-9H2,1-4H3,(H,17,22)(H2,16,18,19);1H. The van der Waals surface area contributed by atoms with Crippen LogP contribution >= 0.6 is 24.0 Å². The second kappa shape index (κ2) is 9.09. The third-order valence-electron chi connectivity index (χ3n) is 4.00. The van der Waals surface area contributed by atoms with Crippen molar-refractivity contribution in [3.63, 3.8) is 0 Å². The van der Waals surface area contributed by atoms with Gasteiger partial charge in [0, 0.05) is 43.9 Å². The van der Waals surface area contributed by atoms with Crippen molar-refractivity contribution >= 4 is 35.8 Å². The van der Waals surface area contributed by atoms with Crippen LogP contribution in [0.1, 0.15) is 36.7 Å². The Hall–Kier alpha value is -1.32. The zero-order chi connectivity index (χ0) is 16.1. The molecule has 1 aliphatic rings. The van der Waals surface area contributed by atoms with Gasteiger partial charge in [0.05, 0.1) is 12.2 Å². The highest BCUT2D eigenvalue weighted by molar-refractivity contribution is 14.0. The van der Waals surface area contributed by atoms with E-state index in [-0.39, 0.29) is 35.9 Å². The van der Waals surface area contributed by atoms with Crippen molar-refractivity contribution in [1.82, 2.24) is 25.7 Å². The summed E-state index contributed by atoms with van der Waals surface area (Å²) >= 11 is 0. The van der Waals surface area contributed by atoms with E-state index in [1.807, 2.05) is 25.6 Å². The van der Waals surface area contributed by atoms with Gasteiger partial charge in [0.15, 0.2) is 5.96 Å². The average Bonchev–Trinajstić information content (AvgIpc) is 2.72. The Labute approximate surface area is 154 Å². The molecule has 7 nitrogen and oxygen atoms in total. The number of aryl methyl sites for hydroxylation is 2. The molecule has 1 unspecified atom stereocenters. The van der Waals surface area contributed by atoms with E-state index in [1.54, 1.807) is 0 Å². The Kier molecular flexibility index (Phi) is 7.80. The maximum atomic E-state index is 11.2. The molecule has 0 spiro atoms. The minimum Gasteiger partial charge on any atom is -0.357 e. The Balaban J connectivity index is 0.00000264.